The van der Waals surface area contributed by atoms with Crippen molar-refractivity contribution in [1.29, 1.82) is 0 Å². The quantitative estimate of drug-likeness (QED) is 0.508. The summed E-state index contributed by atoms with van der Waals surface area (Å²) in [7, 11) is 0. The lowest BCUT2D eigenvalue weighted by molar-refractivity contribution is -0.137. The number of rotatable bonds is 4. The zero-order chi connectivity index (χ0) is 21.0. The number of alkyl halides is 3. The lowest BCUT2D eigenvalue weighted by atomic mass is 9.52. The van der Waals surface area contributed by atoms with E-state index in [4.69, 9.17) is 16.0 Å². The topological polar surface area (TPSA) is 63.8 Å². The molecule has 3 aromatic rings. The number of aromatic nitrogens is 3. The summed E-state index contributed by atoms with van der Waals surface area (Å²) in [5.41, 5.74) is 1.36. The average molecular weight is 437 g/mol. The zero-order valence-electron chi connectivity index (χ0n) is 16.1. The van der Waals surface area contributed by atoms with Gasteiger partial charge in [-0.2, -0.15) is 18.2 Å². The van der Waals surface area contributed by atoms with Crippen LogP contribution in [0.3, 0.4) is 0 Å². The molecule has 0 spiro atoms. The monoisotopic (exact) mass is 436 g/mol. The van der Waals surface area contributed by atoms with Gasteiger partial charge in [0.25, 0.3) is 0 Å². The summed E-state index contributed by atoms with van der Waals surface area (Å²) >= 11 is 6.02. The first-order chi connectivity index (χ1) is 14.3. The van der Waals surface area contributed by atoms with Crippen molar-refractivity contribution >= 4 is 28.5 Å². The first-order valence-electron chi connectivity index (χ1n) is 9.97. The third-order valence-electron chi connectivity index (χ3n) is 6.94. The molecule has 0 unspecified atom stereocenters. The molecule has 3 aromatic heterocycles. The minimum atomic E-state index is -4.35. The van der Waals surface area contributed by atoms with Gasteiger partial charge in [0.15, 0.2) is 11.4 Å². The largest absolute Gasteiger partial charge is 0.459 e. The maximum atomic E-state index is 12.9. The fraction of sp³-hybridized carbons (Fsp3) is 0.476. The number of nitrogens with zero attached hydrogens (tertiary/aromatic N) is 3. The highest BCUT2D eigenvalue weighted by Crippen LogP contribution is 2.57. The van der Waals surface area contributed by atoms with E-state index in [9.17, 15) is 13.2 Å². The van der Waals surface area contributed by atoms with Gasteiger partial charge < -0.3 is 9.73 Å². The second kappa shape index (κ2) is 6.83. The number of hydrogen-bond donors (Lipinski definition) is 1. The Morgan fingerprint density at radius 2 is 1.77 bits per heavy atom. The van der Waals surface area contributed by atoms with Gasteiger partial charge in [0, 0.05) is 29.9 Å². The SMILES string of the molecule is FC(F)(F)c1ccc(C23CCC(CNc4nc(Cl)nc5ccoc45)(CC2)CC3)nc1. The molecule has 3 heterocycles. The van der Waals surface area contributed by atoms with Gasteiger partial charge in [0.2, 0.25) is 5.28 Å². The van der Waals surface area contributed by atoms with Gasteiger partial charge in [-0.3, -0.25) is 4.98 Å². The Labute approximate surface area is 176 Å². The summed E-state index contributed by atoms with van der Waals surface area (Å²) in [4.78, 5) is 12.6. The minimum Gasteiger partial charge on any atom is -0.459 e. The van der Waals surface area contributed by atoms with Gasteiger partial charge in [-0.1, -0.05) is 0 Å². The molecule has 6 rings (SSSR count). The Morgan fingerprint density at radius 1 is 1.03 bits per heavy atom. The summed E-state index contributed by atoms with van der Waals surface area (Å²) < 4.78 is 44.1. The molecule has 2 bridgehead atoms. The van der Waals surface area contributed by atoms with Crippen LogP contribution in [0.15, 0.2) is 35.1 Å². The van der Waals surface area contributed by atoms with Gasteiger partial charge in [-0.05, 0) is 67.7 Å². The Balaban J connectivity index is 1.29. The summed E-state index contributed by atoms with van der Waals surface area (Å²) in [5.74, 6) is 0.594. The molecule has 158 valence electrons. The van der Waals surface area contributed by atoms with Gasteiger partial charge in [-0.15, -0.1) is 0 Å². The number of fused-ring (bicyclic) bond motifs is 4. The average Bonchev–Trinajstić information content (AvgIpc) is 3.21. The van der Waals surface area contributed by atoms with E-state index in [1.807, 2.05) is 0 Å². The van der Waals surface area contributed by atoms with Crippen LogP contribution in [0.5, 0.6) is 0 Å². The van der Waals surface area contributed by atoms with Crippen LogP contribution in [-0.4, -0.2) is 21.5 Å². The fourth-order valence-corrected chi connectivity index (χ4v) is 5.19. The maximum Gasteiger partial charge on any atom is 0.417 e. The molecule has 0 aromatic carbocycles. The Bertz CT molecular complexity index is 1060. The molecule has 3 aliphatic rings. The molecule has 3 aliphatic carbocycles. The van der Waals surface area contributed by atoms with Crippen LogP contribution in [0, 0.1) is 5.41 Å². The van der Waals surface area contributed by atoms with Gasteiger partial charge in [-0.25, -0.2) is 4.98 Å². The number of halogens is 4. The maximum absolute atomic E-state index is 12.9. The van der Waals surface area contributed by atoms with E-state index in [2.05, 4.69) is 20.3 Å². The molecule has 3 saturated carbocycles. The minimum absolute atomic E-state index is 0.113. The molecule has 5 nitrogen and oxygen atoms in total. The lowest BCUT2D eigenvalue weighted by Crippen LogP contribution is -2.47. The first-order valence-corrected chi connectivity index (χ1v) is 10.3. The Hall–Kier alpha value is -2.35. The van der Waals surface area contributed by atoms with Crippen LogP contribution in [0.2, 0.25) is 5.28 Å². The van der Waals surface area contributed by atoms with E-state index >= 15 is 0 Å². The van der Waals surface area contributed by atoms with E-state index in [0.717, 1.165) is 63.0 Å². The highest BCUT2D eigenvalue weighted by Gasteiger charge is 2.50. The van der Waals surface area contributed by atoms with Crippen LogP contribution in [0.4, 0.5) is 19.0 Å². The third kappa shape index (κ3) is 3.31. The standard InChI is InChI=1S/C21H20ClF3N4O/c22-18-28-14-3-10-30-16(14)17(29-18)27-12-19-4-7-20(8-5-19,9-6-19)15-2-1-13(11-26-15)21(23,24)25/h1-3,10-11H,4-9,12H2,(H,27,28,29). The molecule has 0 saturated heterocycles. The highest BCUT2D eigenvalue weighted by molar-refractivity contribution is 6.28. The number of pyridine rings is 1. The van der Waals surface area contributed by atoms with Crippen LogP contribution >= 0.6 is 11.6 Å². The Morgan fingerprint density at radius 3 is 2.40 bits per heavy atom. The molecule has 30 heavy (non-hydrogen) atoms. The molecule has 0 aliphatic heterocycles. The smallest absolute Gasteiger partial charge is 0.417 e. The lowest BCUT2D eigenvalue weighted by Gasteiger charge is -2.53. The van der Waals surface area contributed by atoms with Crippen LogP contribution < -0.4 is 5.32 Å². The highest BCUT2D eigenvalue weighted by atomic mass is 35.5. The second-order valence-corrected chi connectivity index (χ2v) is 8.88. The van der Waals surface area contributed by atoms with Crippen LogP contribution in [0.25, 0.3) is 11.1 Å². The van der Waals surface area contributed by atoms with Crippen molar-refractivity contribution in [1.82, 2.24) is 15.0 Å². The van der Waals surface area contributed by atoms with Crippen molar-refractivity contribution in [3.8, 4) is 0 Å². The molecular formula is C21H20ClF3N4O. The van der Waals surface area contributed by atoms with Gasteiger partial charge in [0.1, 0.15) is 5.52 Å². The van der Waals surface area contributed by atoms with E-state index in [1.165, 1.54) is 0 Å². The summed E-state index contributed by atoms with van der Waals surface area (Å²) in [6, 6.07) is 4.47. The number of furan rings is 1. The molecule has 1 N–H and O–H groups in total. The predicted molar refractivity (Wildman–Crippen MR) is 106 cm³/mol. The first kappa shape index (κ1) is 19.6. The third-order valence-corrected chi connectivity index (χ3v) is 7.11. The van der Waals surface area contributed by atoms with Crippen LogP contribution in [0.1, 0.15) is 49.8 Å². The fourth-order valence-electron chi connectivity index (χ4n) is 5.01. The summed E-state index contributed by atoms with van der Waals surface area (Å²) in [5, 5.41) is 3.58. The zero-order valence-corrected chi connectivity index (χ0v) is 16.9. The number of anilines is 1. The normalized spacial score (nSPS) is 26.3. The van der Waals surface area contributed by atoms with E-state index in [-0.39, 0.29) is 16.1 Å². The van der Waals surface area contributed by atoms with Crippen molar-refractivity contribution in [2.24, 2.45) is 5.41 Å². The molecule has 3 fully saturated rings. The number of hydrogen-bond acceptors (Lipinski definition) is 5. The van der Waals surface area contributed by atoms with Crippen molar-refractivity contribution in [3.05, 3.63) is 47.2 Å². The van der Waals surface area contributed by atoms with Gasteiger partial charge in [0.05, 0.1) is 11.8 Å². The van der Waals surface area contributed by atoms with E-state index in [1.54, 1.807) is 18.4 Å². The second-order valence-electron chi connectivity index (χ2n) is 8.54. The van der Waals surface area contributed by atoms with Crippen molar-refractivity contribution in [2.45, 2.75) is 50.1 Å². The summed E-state index contributed by atoms with van der Waals surface area (Å²) in [6.07, 6.45) is 3.91. The molecule has 0 radical (unpaired) electrons. The molecular weight excluding hydrogens is 417 g/mol. The van der Waals surface area contributed by atoms with Crippen molar-refractivity contribution in [3.63, 3.8) is 0 Å². The predicted octanol–water partition coefficient (Wildman–Crippen LogP) is 5.99. The van der Waals surface area contributed by atoms with E-state index in [0.29, 0.717) is 16.9 Å². The molecule has 0 amide bonds. The van der Waals surface area contributed by atoms with E-state index < -0.39 is 11.7 Å². The van der Waals surface area contributed by atoms with Crippen molar-refractivity contribution in [2.75, 3.05) is 11.9 Å². The molecule has 0 atom stereocenters. The van der Waals surface area contributed by atoms with Crippen molar-refractivity contribution < 1.29 is 17.6 Å². The number of nitrogens with one attached hydrogen (secondary N) is 1. The van der Waals surface area contributed by atoms with Crippen LogP contribution in [-0.2, 0) is 11.6 Å². The Kier molecular flexibility index (Phi) is 4.47. The van der Waals surface area contributed by atoms with Gasteiger partial charge >= 0.3 is 6.18 Å². The molecule has 9 heteroatoms. The summed E-state index contributed by atoms with van der Waals surface area (Å²) in [6.45, 7) is 0.743.